The summed E-state index contributed by atoms with van der Waals surface area (Å²) in [6.07, 6.45) is -4.53. The molecule has 1 aromatic heterocycles. The number of aromatic nitrogens is 2. The number of carbonyl (C=O) groups is 1. The van der Waals surface area contributed by atoms with Gasteiger partial charge in [0.05, 0.1) is 21.7 Å². The van der Waals surface area contributed by atoms with Gasteiger partial charge in [-0.2, -0.15) is 18.3 Å². The van der Waals surface area contributed by atoms with Gasteiger partial charge in [-0.3, -0.25) is 0 Å². The van der Waals surface area contributed by atoms with Crippen LogP contribution >= 0.6 is 23.2 Å². The Morgan fingerprint density at radius 2 is 1.74 bits per heavy atom. The maximum absolute atomic E-state index is 13.2. The summed E-state index contributed by atoms with van der Waals surface area (Å²) in [6, 6.07) is 17.9. The lowest BCUT2D eigenvalue weighted by Gasteiger charge is -2.12. The SMILES string of the molecule is Cn1nc(-c2ccccc2)c(COC(=O)c2ccc(Cl)cc2Cl)c1Oc1cccc(C(F)(F)F)c1. The highest BCUT2D eigenvalue weighted by Crippen LogP contribution is 2.36. The predicted octanol–water partition coefficient (Wildman–Crippen LogP) is 7.56. The van der Waals surface area contributed by atoms with Gasteiger partial charge in [0.1, 0.15) is 18.1 Å². The summed E-state index contributed by atoms with van der Waals surface area (Å²) in [5.41, 5.74) is 0.782. The Bertz CT molecular complexity index is 1370. The Hall–Kier alpha value is -3.49. The second-order valence-electron chi connectivity index (χ2n) is 7.45. The molecular weight excluding hydrogens is 504 g/mol. The molecule has 0 saturated carbocycles. The Kier molecular flexibility index (Phi) is 7.05. The van der Waals surface area contributed by atoms with Crippen LogP contribution in [0, 0.1) is 0 Å². The van der Waals surface area contributed by atoms with Crippen molar-refractivity contribution in [2.24, 2.45) is 7.05 Å². The van der Waals surface area contributed by atoms with Crippen LogP contribution in [0.4, 0.5) is 13.2 Å². The summed E-state index contributed by atoms with van der Waals surface area (Å²) in [5.74, 6) is -0.631. The van der Waals surface area contributed by atoms with Crippen molar-refractivity contribution in [3.05, 3.63) is 99.5 Å². The molecule has 0 aliphatic rings. The van der Waals surface area contributed by atoms with Gasteiger partial charge in [0.15, 0.2) is 0 Å². The van der Waals surface area contributed by atoms with Crippen LogP contribution in [0.3, 0.4) is 0 Å². The van der Waals surface area contributed by atoms with Crippen LogP contribution in [0.1, 0.15) is 21.5 Å². The van der Waals surface area contributed by atoms with E-state index in [1.54, 1.807) is 31.3 Å². The largest absolute Gasteiger partial charge is 0.457 e. The fourth-order valence-corrected chi connectivity index (χ4v) is 3.84. The van der Waals surface area contributed by atoms with Crippen LogP contribution < -0.4 is 4.74 Å². The lowest BCUT2D eigenvalue weighted by Crippen LogP contribution is -2.07. The number of alkyl halides is 3. The van der Waals surface area contributed by atoms with Gasteiger partial charge in [0.2, 0.25) is 5.88 Å². The van der Waals surface area contributed by atoms with Crippen molar-refractivity contribution in [2.75, 3.05) is 0 Å². The zero-order valence-corrected chi connectivity index (χ0v) is 19.7. The first-order valence-corrected chi connectivity index (χ1v) is 11.0. The number of nitrogens with zero attached hydrogens (tertiary/aromatic N) is 2. The normalized spacial score (nSPS) is 11.4. The van der Waals surface area contributed by atoms with Crippen LogP contribution in [0.15, 0.2) is 72.8 Å². The topological polar surface area (TPSA) is 53.4 Å². The van der Waals surface area contributed by atoms with E-state index in [4.69, 9.17) is 32.7 Å². The minimum absolute atomic E-state index is 0.0456. The number of hydrogen-bond donors (Lipinski definition) is 0. The molecule has 5 nitrogen and oxygen atoms in total. The van der Waals surface area contributed by atoms with Crippen LogP contribution in [0.25, 0.3) is 11.3 Å². The number of halogens is 5. The third kappa shape index (κ3) is 5.61. The molecule has 0 bridgehead atoms. The van der Waals surface area contributed by atoms with Gasteiger partial charge in [-0.25, -0.2) is 9.48 Å². The van der Waals surface area contributed by atoms with Gasteiger partial charge in [0.25, 0.3) is 0 Å². The van der Waals surface area contributed by atoms with Crippen LogP contribution in [0.2, 0.25) is 10.0 Å². The third-order valence-electron chi connectivity index (χ3n) is 5.01. The molecule has 0 spiro atoms. The second kappa shape index (κ2) is 10.0. The van der Waals surface area contributed by atoms with Crippen LogP contribution in [-0.4, -0.2) is 15.7 Å². The first-order valence-electron chi connectivity index (χ1n) is 10.2. The minimum atomic E-state index is -4.53. The van der Waals surface area contributed by atoms with E-state index in [0.29, 0.717) is 21.8 Å². The van der Waals surface area contributed by atoms with E-state index >= 15 is 0 Å². The number of ether oxygens (including phenoxy) is 2. The summed E-state index contributed by atoms with van der Waals surface area (Å²) in [5, 5.41) is 4.95. The van der Waals surface area contributed by atoms with Crippen molar-refractivity contribution in [1.82, 2.24) is 9.78 Å². The average Bonchev–Trinajstić information content (AvgIpc) is 3.12. The first kappa shape index (κ1) is 24.6. The number of hydrogen-bond acceptors (Lipinski definition) is 4. The molecule has 0 atom stereocenters. The number of aryl methyl sites for hydroxylation is 1. The summed E-state index contributed by atoms with van der Waals surface area (Å²) in [6.45, 7) is -0.274. The highest BCUT2D eigenvalue weighted by atomic mass is 35.5. The number of carbonyl (C=O) groups excluding carboxylic acids is 1. The summed E-state index contributed by atoms with van der Waals surface area (Å²) < 4.78 is 52.2. The Labute approximate surface area is 208 Å². The lowest BCUT2D eigenvalue weighted by atomic mass is 10.1. The molecule has 0 saturated heterocycles. The molecule has 0 N–H and O–H groups in total. The van der Waals surface area contributed by atoms with Crippen LogP contribution in [-0.2, 0) is 24.6 Å². The molecule has 180 valence electrons. The van der Waals surface area contributed by atoms with E-state index in [-0.39, 0.29) is 28.8 Å². The molecule has 35 heavy (non-hydrogen) atoms. The summed E-state index contributed by atoms with van der Waals surface area (Å²) >= 11 is 12.0. The predicted molar refractivity (Wildman–Crippen MR) is 126 cm³/mol. The standard InChI is InChI=1S/C25H17Cl2F3N2O3/c1-32-23(35-18-9-5-8-16(12-18)25(28,29)30)20(22(31-32)15-6-3-2-4-7-15)14-34-24(33)19-11-10-17(26)13-21(19)27/h2-13H,14H2,1H3. The Morgan fingerprint density at radius 1 is 1.00 bits per heavy atom. The Morgan fingerprint density at radius 3 is 2.43 bits per heavy atom. The van der Waals surface area contributed by atoms with Crippen molar-refractivity contribution in [3.63, 3.8) is 0 Å². The fraction of sp³-hybridized carbons (Fsp3) is 0.120. The van der Waals surface area contributed by atoms with Crippen molar-refractivity contribution in [2.45, 2.75) is 12.8 Å². The van der Waals surface area contributed by atoms with Gasteiger partial charge >= 0.3 is 12.1 Å². The molecule has 0 amide bonds. The average molecular weight is 521 g/mol. The molecule has 0 aliphatic carbocycles. The zero-order chi connectivity index (χ0) is 25.2. The summed E-state index contributed by atoms with van der Waals surface area (Å²) in [7, 11) is 1.58. The second-order valence-corrected chi connectivity index (χ2v) is 8.29. The molecule has 0 fully saturated rings. The fourth-order valence-electron chi connectivity index (χ4n) is 3.36. The molecule has 4 aromatic rings. The van der Waals surface area contributed by atoms with Crippen molar-refractivity contribution < 1.29 is 27.4 Å². The smallest absolute Gasteiger partial charge is 0.416 e. The number of benzene rings is 3. The zero-order valence-electron chi connectivity index (χ0n) is 18.1. The van der Waals surface area contributed by atoms with Gasteiger partial charge in [-0.05, 0) is 36.4 Å². The molecule has 0 radical (unpaired) electrons. The van der Waals surface area contributed by atoms with E-state index in [1.165, 1.54) is 35.0 Å². The summed E-state index contributed by atoms with van der Waals surface area (Å²) in [4.78, 5) is 12.7. The number of rotatable bonds is 6. The molecule has 10 heteroatoms. The van der Waals surface area contributed by atoms with Crippen molar-refractivity contribution in [3.8, 4) is 22.9 Å². The quantitative estimate of drug-likeness (QED) is 0.246. The maximum Gasteiger partial charge on any atom is 0.416 e. The van der Waals surface area contributed by atoms with Gasteiger partial charge < -0.3 is 9.47 Å². The van der Waals surface area contributed by atoms with Crippen molar-refractivity contribution >= 4 is 29.2 Å². The van der Waals surface area contributed by atoms with E-state index in [9.17, 15) is 18.0 Å². The van der Waals surface area contributed by atoms with E-state index in [2.05, 4.69) is 5.10 Å². The molecular formula is C25H17Cl2F3N2O3. The van der Waals surface area contributed by atoms with Gasteiger partial charge in [-0.15, -0.1) is 0 Å². The van der Waals surface area contributed by atoms with E-state index in [0.717, 1.165) is 12.1 Å². The highest BCUT2D eigenvalue weighted by Gasteiger charge is 2.31. The third-order valence-corrected chi connectivity index (χ3v) is 5.56. The Balaban J connectivity index is 1.69. The maximum atomic E-state index is 13.2. The van der Waals surface area contributed by atoms with E-state index < -0.39 is 17.7 Å². The molecule has 4 rings (SSSR count). The molecule has 0 aliphatic heterocycles. The molecule has 1 heterocycles. The first-order chi connectivity index (χ1) is 16.6. The molecule has 3 aromatic carbocycles. The monoisotopic (exact) mass is 520 g/mol. The van der Waals surface area contributed by atoms with Gasteiger partial charge in [0, 0.05) is 17.6 Å². The van der Waals surface area contributed by atoms with E-state index in [1.807, 2.05) is 6.07 Å². The molecule has 0 unspecified atom stereocenters. The van der Waals surface area contributed by atoms with Gasteiger partial charge in [-0.1, -0.05) is 59.6 Å². The number of esters is 1. The lowest BCUT2D eigenvalue weighted by molar-refractivity contribution is -0.137. The minimum Gasteiger partial charge on any atom is -0.457 e. The van der Waals surface area contributed by atoms with Crippen LogP contribution in [0.5, 0.6) is 11.6 Å². The highest BCUT2D eigenvalue weighted by molar-refractivity contribution is 6.36. The van der Waals surface area contributed by atoms with Crippen molar-refractivity contribution in [1.29, 1.82) is 0 Å².